The van der Waals surface area contributed by atoms with Gasteiger partial charge in [-0.2, -0.15) is 5.10 Å². The van der Waals surface area contributed by atoms with Gasteiger partial charge in [0, 0.05) is 7.05 Å². The number of carboxylic acid groups (broad SMARTS) is 1. The monoisotopic (exact) mass is 313 g/mol. The molecule has 1 unspecified atom stereocenters. The third-order valence-electron chi connectivity index (χ3n) is 3.68. The summed E-state index contributed by atoms with van der Waals surface area (Å²) in [4.78, 5) is 11.6. The molecule has 0 saturated heterocycles. The van der Waals surface area contributed by atoms with Gasteiger partial charge in [-0.15, -0.1) is 11.8 Å². The Morgan fingerprint density at radius 2 is 2.24 bits per heavy atom. The normalized spacial score (nSPS) is 14.1. The second kappa shape index (κ2) is 8.44. The predicted molar refractivity (Wildman–Crippen MR) is 86.9 cm³/mol. The number of hydrogen-bond acceptors (Lipinski definition) is 4. The average molecular weight is 313 g/mol. The number of aromatic nitrogens is 2. The molecule has 1 aromatic heterocycles. The summed E-state index contributed by atoms with van der Waals surface area (Å²) in [7, 11) is 1.94. The third-order valence-corrected chi connectivity index (χ3v) is 4.85. The van der Waals surface area contributed by atoms with Gasteiger partial charge in [-0.3, -0.25) is 9.48 Å². The van der Waals surface area contributed by atoms with Crippen molar-refractivity contribution in [3.05, 3.63) is 11.8 Å². The molecule has 6 heteroatoms. The molecule has 0 bridgehead atoms. The molecule has 5 nitrogen and oxygen atoms in total. The van der Waals surface area contributed by atoms with Gasteiger partial charge in [0.15, 0.2) is 0 Å². The van der Waals surface area contributed by atoms with Crippen LogP contribution in [0.5, 0.6) is 0 Å². The van der Waals surface area contributed by atoms with Gasteiger partial charge in [-0.25, -0.2) is 0 Å². The Kier molecular flexibility index (Phi) is 7.25. The second-order valence-electron chi connectivity index (χ2n) is 5.37. The maximum absolute atomic E-state index is 11.6. The molecular weight excluding hydrogens is 286 g/mol. The first-order valence-electron chi connectivity index (χ1n) is 7.57. The minimum Gasteiger partial charge on any atom is -0.480 e. The van der Waals surface area contributed by atoms with E-state index in [1.54, 1.807) is 11.8 Å². The van der Waals surface area contributed by atoms with Crippen molar-refractivity contribution < 1.29 is 9.90 Å². The van der Waals surface area contributed by atoms with Crippen LogP contribution in [0.25, 0.3) is 0 Å². The minimum atomic E-state index is -0.779. The van der Waals surface area contributed by atoms with Gasteiger partial charge in [0.05, 0.1) is 10.7 Å². The lowest BCUT2D eigenvalue weighted by molar-refractivity contribution is -0.145. The Morgan fingerprint density at radius 3 is 2.71 bits per heavy atom. The number of carbonyl (C=O) groups is 1. The SMILES string of the molecule is CCCNC(CC)(CCCSc1cc(C)nn1C)C(=O)O. The Labute approximate surface area is 131 Å². The van der Waals surface area contributed by atoms with Crippen LogP contribution in [-0.4, -0.2) is 38.7 Å². The van der Waals surface area contributed by atoms with E-state index in [9.17, 15) is 9.90 Å². The van der Waals surface area contributed by atoms with E-state index in [-0.39, 0.29) is 0 Å². The predicted octanol–water partition coefficient (Wildman–Crippen LogP) is 2.83. The lowest BCUT2D eigenvalue weighted by Crippen LogP contribution is -2.52. The van der Waals surface area contributed by atoms with E-state index in [1.807, 2.05) is 25.6 Å². The highest BCUT2D eigenvalue weighted by Crippen LogP contribution is 2.23. The van der Waals surface area contributed by atoms with Crippen LogP contribution in [0.2, 0.25) is 0 Å². The van der Waals surface area contributed by atoms with Crippen LogP contribution in [0, 0.1) is 6.92 Å². The van der Waals surface area contributed by atoms with Crippen molar-refractivity contribution >= 4 is 17.7 Å². The summed E-state index contributed by atoms with van der Waals surface area (Å²) in [5.74, 6) is 0.168. The van der Waals surface area contributed by atoms with Gasteiger partial charge in [0.25, 0.3) is 0 Å². The highest BCUT2D eigenvalue weighted by Gasteiger charge is 2.35. The lowest BCUT2D eigenvalue weighted by atomic mass is 9.90. The van der Waals surface area contributed by atoms with Gasteiger partial charge in [0.1, 0.15) is 5.54 Å². The number of nitrogens with zero attached hydrogens (tertiary/aromatic N) is 2. The van der Waals surface area contributed by atoms with E-state index >= 15 is 0 Å². The summed E-state index contributed by atoms with van der Waals surface area (Å²) < 4.78 is 1.87. The highest BCUT2D eigenvalue weighted by atomic mass is 32.2. The van der Waals surface area contributed by atoms with E-state index in [2.05, 4.69) is 23.4 Å². The summed E-state index contributed by atoms with van der Waals surface area (Å²) in [5.41, 5.74) is 0.233. The third kappa shape index (κ3) is 5.04. The topological polar surface area (TPSA) is 67.2 Å². The van der Waals surface area contributed by atoms with Gasteiger partial charge >= 0.3 is 5.97 Å². The van der Waals surface area contributed by atoms with Gasteiger partial charge in [-0.1, -0.05) is 13.8 Å². The van der Waals surface area contributed by atoms with Gasteiger partial charge in [-0.05, 0) is 51.0 Å². The quantitative estimate of drug-likeness (QED) is 0.513. The zero-order chi connectivity index (χ0) is 15.9. The molecule has 0 amide bonds. The first kappa shape index (κ1) is 18.0. The van der Waals surface area contributed by atoms with Gasteiger partial charge < -0.3 is 10.4 Å². The first-order valence-corrected chi connectivity index (χ1v) is 8.55. The number of aliphatic carboxylic acids is 1. The fraction of sp³-hybridized carbons (Fsp3) is 0.733. The Bertz CT molecular complexity index is 462. The smallest absolute Gasteiger partial charge is 0.323 e. The van der Waals surface area contributed by atoms with Crippen LogP contribution in [0.3, 0.4) is 0 Å². The average Bonchev–Trinajstić information content (AvgIpc) is 2.76. The van der Waals surface area contributed by atoms with Crippen molar-refractivity contribution in [1.29, 1.82) is 0 Å². The molecular formula is C15H27N3O2S. The van der Waals surface area contributed by atoms with Crippen molar-refractivity contribution in [2.24, 2.45) is 7.05 Å². The van der Waals surface area contributed by atoms with Crippen LogP contribution >= 0.6 is 11.8 Å². The van der Waals surface area contributed by atoms with Crippen molar-refractivity contribution in [2.45, 2.75) is 57.0 Å². The summed E-state index contributed by atoms with van der Waals surface area (Å²) in [6, 6.07) is 2.06. The second-order valence-corrected chi connectivity index (χ2v) is 6.48. The maximum atomic E-state index is 11.6. The maximum Gasteiger partial charge on any atom is 0.323 e. The number of carboxylic acids is 1. The number of hydrogen-bond donors (Lipinski definition) is 2. The summed E-state index contributed by atoms with van der Waals surface area (Å²) in [6.07, 6.45) is 3.07. The molecule has 1 heterocycles. The lowest BCUT2D eigenvalue weighted by Gasteiger charge is -2.29. The zero-order valence-corrected chi connectivity index (χ0v) is 14.3. The van der Waals surface area contributed by atoms with Crippen LogP contribution in [-0.2, 0) is 11.8 Å². The standard InChI is InChI=1S/C15H27N3O2S/c1-5-9-16-15(6-2,14(19)20)8-7-10-21-13-11-12(3)17-18(13)4/h11,16H,5-10H2,1-4H3,(H,19,20). The zero-order valence-electron chi connectivity index (χ0n) is 13.5. The molecule has 0 radical (unpaired) electrons. The molecule has 0 aromatic carbocycles. The van der Waals surface area contributed by atoms with Crippen LogP contribution in [0.15, 0.2) is 11.1 Å². The molecule has 0 aliphatic rings. The van der Waals surface area contributed by atoms with E-state index < -0.39 is 11.5 Å². The van der Waals surface area contributed by atoms with Crippen LogP contribution < -0.4 is 5.32 Å². The van der Waals surface area contributed by atoms with E-state index in [1.165, 1.54) is 0 Å². The van der Waals surface area contributed by atoms with Crippen LogP contribution in [0.1, 0.15) is 45.2 Å². The number of rotatable bonds is 10. The molecule has 0 spiro atoms. The molecule has 0 fully saturated rings. The highest BCUT2D eigenvalue weighted by molar-refractivity contribution is 7.99. The first-order chi connectivity index (χ1) is 9.95. The molecule has 120 valence electrons. The summed E-state index contributed by atoms with van der Waals surface area (Å²) in [5, 5.41) is 18.2. The molecule has 0 aliphatic carbocycles. The van der Waals surface area contributed by atoms with Crippen molar-refractivity contribution in [1.82, 2.24) is 15.1 Å². The van der Waals surface area contributed by atoms with E-state index in [0.29, 0.717) is 12.8 Å². The summed E-state index contributed by atoms with van der Waals surface area (Å²) >= 11 is 1.73. The number of nitrogens with one attached hydrogen (secondary N) is 1. The molecule has 1 aromatic rings. The number of thioether (sulfide) groups is 1. The Morgan fingerprint density at radius 1 is 1.52 bits per heavy atom. The molecule has 0 aliphatic heterocycles. The van der Waals surface area contributed by atoms with Crippen molar-refractivity contribution in [3.63, 3.8) is 0 Å². The molecule has 21 heavy (non-hydrogen) atoms. The molecule has 1 rings (SSSR count). The molecule has 1 atom stereocenters. The Balaban J connectivity index is 2.50. The molecule has 0 saturated carbocycles. The van der Waals surface area contributed by atoms with Crippen molar-refractivity contribution in [3.8, 4) is 0 Å². The van der Waals surface area contributed by atoms with Crippen LogP contribution in [0.4, 0.5) is 0 Å². The fourth-order valence-corrected chi connectivity index (χ4v) is 3.34. The Hall–Kier alpha value is -1.01. The summed E-state index contributed by atoms with van der Waals surface area (Å²) in [6.45, 7) is 6.71. The van der Waals surface area contributed by atoms with Gasteiger partial charge in [0.2, 0.25) is 0 Å². The largest absolute Gasteiger partial charge is 0.480 e. The fourth-order valence-electron chi connectivity index (χ4n) is 2.36. The van der Waals surface area contributed by atoms with E-state index in [4.69, 9.17) is 0 Å². The van der Waals surface area contributed by atoms with E-state index in [0.717, 1.165) is 35.9 Å². The molecule has 2 N–H and O–H groups in total. The minimum absolute atomic E-state index is 0.609. The number of aryl methyl sites for hydroxylation is 2. The van der Waals surface area contributed by atoms with Crippen molar-refractivity contribution in [2.75, 3.05) is 12.3 Å².